The van der Waals surface area contributed by atoms with Crippen molar-refractivity contribution in [2.24, 2.45) is 13.0 Å². The van der Waals surface area contributed by atoms with Gasteiger partial charge in [0.15, 0.2) is 0 Å². The van der Waals surface area contributed by atoms with E-state index in [2.05, 4.69) is 26.2 Å². The summed E-state index contributed by atoms with van der Waals surface area (Å²) in [6.07, 6.45) is 9.31. The molecule has 0 radical (unpaired) electrons. The van der Waals surface area contributed by atoms with Crippen LogP contribution >= 0.6 is 23.2 Å². The lowest BCUT2D eigenvalue weighted by Gasteiger charge is -2.47. The Kier molecular flexibility index (Phi) is 12.3. The Morgan fingerprint density at radius 1 is 0.896 bits per heavy atom. The lowest BCUT2D eigenvalue weighted by atomic mass is 9.55. The summed E-state index contributed by atoms with van der Waals surface area (Å²) in [7, 11) is 1.69. The van der Waals surface area contributed by atoms with E-state index in [4.69, 9.17) is 23.2 Å². The van der Waals surface area contributed by atoms with Gasteiger partial charge in [0.2, 0.25) is 29.5 Å². The summed E-state index contributed by atoms with van der Waals surface area (Å²) in [5.41, 5.74) is 1.56. The van der Waals surface area contributed by atoms with Crippen LogP contribution in [0.4, 0.5) is 10.1 Å². The summed E-state index contributed by atoms with van der Waals surface area (Å²) in [4.78, 5) is 84.5. The van der Waals surface area contributed by atoms with E-state index >= 15 is 4.39 Å². The molecule has 5 heterocycles. The van der Waals surface area contributed by atoms with Crippen LogP contribution in [0.2, 0.25) is 10.0 Å². The third kappa shape index (κ3) is 7.96. The first-order chi connectivity index (χ1) is 32.3. The second kappa shape index (κ2) is 18.1. The fourth-order valence-corrected chi connectivity index (χ4v) is 13.1. The smallest absolute Gasteiger partial charge is 0.329 e. The fraction of sp³-hybridized carbons (Fsp3) is 0.520. The summed E-state index contributed by atoms with van der Waals surface area (Å²) in [5, 5.41) is 12.9. The van der Waals surface area contributed by atoms with Crippen LogP contribution in [0, 0.1) is 11.7 Å². The molecule has 2 aliphatic carbocycles. The molecule has 5 fully saturated rings. The molecule has 17 heteroatoms. The zero-order chi connectivity index (χ0) is 46.8. The summed E-state index contributed by atoms with van der Waals surface area (Å²) < 4.78 is 19.4. The Hall–Kier alpha value is -5.09. The molecule has 14 nitrogen and oxygen atoms in total. The molecule has 10 rings (SSSR count). The van der Waals surface area contributed by atoms with Gasteiger partial charge in [0.25, 0.3) is 0 Å². The van der Waals surface area contributed by atoms with Crippen molar-refractivity contribution < 1.29 is 28.4 Å². The predicted octanol–water partition coefficient (Wildman–Crippen LogP) is 5.86. The van der Waals surface area contributed by atoms with Crippen molar-refractivity contribution in [3.63, 3.8) is 0 Å². The van der Waals surface area contributed by atoms with Crippen molar-refractivity contribution in [3.8, 4) is 0 Å². The number of piperidine rings is 1. The van der Waals surface area contributed by atoms with Gasteiger partial charge in [-0.3, -0.25) is 48.6 Å². The molecule has 67 heavy (non-hydrogen) atoms. The molecule has 4 aromatic rings. The van der Waals surface area contributed by atoms with Crippen LogP contribution < -0.4 is 27.0 Å². The fourth-order valence-electron chi connectivity index (χ4n) is 12.8. The first-order valence-corrected chi connectivity index (χ1v) is 24.7. The minimum absolute atomic E-state index is 0.0592. The van der Waals surface area contributed by atoms with Crippen molar-refractivity contribution >= 4 is 69.5 Å². The average Bonchev–Trinajstić information content (AvgIpc) is 3.86. The largest absolute Gasteiger partial charge is 0.352 e. The van der Waals surface area contributed by atoms with Crippen LogP contribution in [0.15, 0.2) is 59.4 Å². The molecule has 2 spiro atoms. The zero-order valence-electron chi connectivity index (χ0n) is 37.7. The summed E-state index contributed by atoms with van der Waals surface area (Å²) in [6, 6.07) is 14.3. The number of hydrogen-bond acceptors (Lipinski definition) is 8. The number of aryl methyl sites for hydroxylation is 2. The maximum absolute atomic E-state index is 16.3. The lowest BCUT2D eigenvalue weighted by Crippen LogP contribution is -2.60. The molecule has 4 atom stereocenters. The van der Waals surface area contributed by atoms with E-state index in [0.717, 1.165) is 87.5 Å². The monoisotopic (exact) mass is 954 g/mol. The Labute approximate surface area is 398 Å². The van der Waals surface area contributed by atoms with Gasteiger partial charge >= 0.3 is 5.69 Å². The topological polar surface area (TPSA) is 167 Å². The van der Waals surface area contributed by atoms with E-state index in [0.29, 0.717) is 54.6 Å². The van der Waals surface area contributed by atoms with Crippen molar-refractivity contribution in [1.82, 2.24) is 34.9 Å². The number of benzene rings is 3. The van der Waals surface area contributed by atoms with E-state index in [1.807, 2.05) is 29.2 Å². The first kappa shape index (κ1) is 45.7. The third-order valence-corrected chi connectivity index (χ3v) is 16.5. The number of amides is 5. The van der Waals surface area contributed by atoms with E-state index in [-0.39, 0.29) is 58.8 Å². The summed E-state index contributed by atoms with van der Waals surface area (Å²) >= 11 is 12.9. The molecule has 4 N–H and O–H groups in total. The van der Waals surface area contributed by atoms with Gasteiger partial charge in [-0.25, -0.2) is 9.18 Å². The molecule has 5 amide bonds. The maximum atomic E-state index is 16.3. The lowest BCUT2D eigenvalue weighted by molar-refractivity contribution is -0.137. The van der Waals surface area contributed by atoms with Gasteiger partial charge in [-0.15, -0.1) is 0 Å². The molecular weight excluding hydrogens is 899 g/mol. The van der Waals surface area contributed by atoms with Crippen LogP contribution in [0.3, 0.4) is 0 Å². The highest BCUT2D eigenvalue weighted by molar-refractivity contribution is 6.31. The second-order valence-electron chi connectivity index (χ2n) is 19.8. The SMILES string of the molecule is Cn1c(=O)n(C2CCC(=O)NC2=O)c2ccc(CCCN3CCN(C[C@H]4CC[C@H](NC(=O)[C@@H]5NC6(CCCCC6)[C@@]6(C(=O)Nc7cc(Cl)ccc76)[C@H]5c5cccc(Cl)c5F)CC4)CC3=O)cc21. The van der Waals surface area contributed by atoms with Gasteiger partial charge in [-0.2, -0.15) is 0 Å². The number of imidazole rings is 1. The molecule has 3 aromatic carbocycles. The second-order valence-corrected chi connectivity index (χ2v) is 20.6. The van der Waals surface area contributed by atoms with Crippen LogP contribution in [-0.4, -0.2) is 98.8 Å². The minimum Gasteiger partial charge on any atom is -0.352 e. The van der Waals surface area contributed by atoms with E-state index in [1.165, 1.54) is 15.2 Å². The maximum Gasteiger partial charge on any atom is 0.329 e. The van der Waals surface area contributed by atoms with Crippen molar-refractivity contribution in [1.29, 1.82) is 0 Å². The first-order valence-electron chi connectivity index (χ1n) is 23.9. The number of fused-ring (bicyclic) bond motifs is 4. The van der Waals surface area contributed by atoms with Crippen LogP contribution in [0.25, 0.3) is 11.0 Å². The Morgan fingerprint density at radius 2 is 1.69 bits per heavy atom. The number of nitrogens with zero attached hydrogens (tertiary/aromatic N) is 4. The number of aromatic nitrogens is 2. The number of rotatable bonds is 10. The number of halogens is 3. The molecule has 1 unspecified atom stereocenters. The molecule has 6 aliphatic rings. The highest BCUT2D eigenvalue weighted by atomic mass is 35.5. The number of nitrogens with one attached hydrogen (secondary N) is 4. The number of imide groups is 1. The molecular formula is C50H57Cl2FN8O6. The standard InChI is InChI=1S/C50H57Cl2FN8O6/c1-58-39-25-29(12-17-37(39)61(48(58)67)38-18-19-40(62)56-45(38)64)7-6-22-60-24-23-59(28-41(60)63)27-30-10-14-32(15-11-30)54-46(65)44-42(33-8-5-9-35(52)43(33)53)50(49(57-44)20-3-2-4-21-49)34-16-13-31(51)26-36(34)55-47(50)66/h5,8-9,12-13,16-17,25-26,30,32,38,42,44,57H,2-4,6-7,10-11,14-15,18-24,27-28H2,1H3,(H,54,65)(H,55,66)(H,56,62,64)/t30-,32-,38?,42-,44+,50+/m0/s1. The van der Waals surface area contributed by atoms with Crippen LogP contribution in [0.1, 0.15) is 106 Å². The Morgan fingerprint density at radius 3 is 2.45 bits per heavy atom. The highest BCUT2D eigenvalue weighted by Gasteiger charge is 2.72. The van der Waals surface area contributed by atoms with Gasteiger partial charge in [0.05, 0.1) is 28.6 Å². The quantitative estimate of drug-likeness (QED) is 0.144. The minimum atomic E-state index is -1.28. The number of piperazine rings is 1. The van der Waals surface area contributed by atoms with Crippen LogP contribution in [-0.2, 0) is 42.9 Å². The summed E-state index contributed by atoms with van der Waals surface area (Å²) in [6.45, 7) is 3.22. The number of carbonyl (C=O) groups is 5. The molecule has 0 bridgehead atoms. The average molecular weight is 956 g/mol. The van der Waals surface area contributed by atoms with Crippen LogP contribution in [0.5, 0.6) is 0 Å². The normalized spacial score (nSPS) is 27.5. The zero-order valence-corrected chi connectivity index (χ0v) is 39.2. The molecule has 4 aliphatic heterocycles. The number of hydrogen-bond donors (Lipinski definition) is 4. The number of anilines is 1. The van der Waals surface area contributed by atoms with E-state index in [1.54, 1.807) is 31.3 Å². The molecule has 3 saturated heterocycles. The van der Waals surface area contributed by atoms with Gasteiger partial charge in [0.1, 0.15) is 17.3 Å². The van der Waals surface area contributed by atoms with Gasteiger partial charge in [-0.05, 0) is 111 Å². The summed E-state index contributed by atoms with van der Waals surface area (Å²) in [5.74, 6) is -2.32. The predicted molar refractivity (Wildman–Crippen MR) is 252 cm³/mol. The van der Waals surface area contributed by atoms with Crippen molar-refractivity contribution in [2.45, 2.75) is 118 Å². The van der Waals surface area contributed by atoms with Gasteiger partial charge in [0, 0.05) is 67.9 Å². The van der Waals surface area contributed by atoms with Gasteiger partial charge in [-0.1, -0.05) is 66.7 Å². The van der Waals surface area contributed by atoms with E-state index < -0.39 is 40.7 Å². The van der Waals surface area contributed by atoms with Crippen molar-refractivity contribution in [3.05, 3.63) is 97.6 Å². The molecule has 354 valence electrons. The molecule has 1 aromatic heterocycles. The number of carbonyl (C=O) groups excluding carboxylic acids is 5. The molecule has 2 saturated carbocycles. The third-order valence-electron chi connectivity index (χ3n) is 16.0. The Bertz CT molecular complexity index is 2730. The van der Waals surface area contributed by atoms with Gasteiger partial charge < -0.3 is 15.5 Å². The Balaban J connectivity index is 0.748. The highest BCUT2D eigenvalue weighted by Crippen LogP contribution is 2.63. The van der Waals surface area contributed by atoms with E-state index in [9.17, 15) is 28.8 Å². The van der Waals surface area contributed by atoms with Crippen molar-refractivity contribution in [2.75, 3.05) is 38.0 Å².